The number of benzene rings is 1. The van der Waals surface area contributed by atoms with Gasteiger partial charge in [-0.3, -0.25) is 9.59 Å². The zero-order valence-electron chi connectivity index (χ0n) is 10.6. The SMILES string of the molecule is Cc1ccc2c(c1C)NC(=O)CCN2C(=O)CN. The molecule has 0 aliphatic carbocycles. The van der Waals surface area contributed by atoms with Gasteiger partial charge in [0.2, 0.25) is 11.8 Å². The topological polar surface area (TPSA) is 75.4 Å². The number of hydrogen-bond acceptors (Lipinski definition) is 3. The van der Waals surface area contributed by atoms with Crippen LogP contribution in [-0.4, -0.2) is 24.9 Å². The van der Waals surface area contributed by atoms with E-state index in [1.54, 1.807) is 4.90 Å². The summed E-state index contributed by atoms with van der Waals surface area (Å²) in [6.45, 7) is 4.23. The Hall–Kier alpha value is -1.88. The molecule has 96 valence electrons. The molecule has 18 heavy (non-hydrogen) atoms. The monoisotopic (exact) mass is 247 g/mol. The largest absolute Gasteiger partial charge is 0.324 e. The number of fused-ring (bicyclic) bond motifs is 1. The van der Waals surface area contributed by atoms with E-state index in [-0.39, 0.29) is 18.4 Å². The Morgan fingerprint density at radius 1 is 1.44 bits per heavy atom. The summed E-state index contributed by atoms with van der Waals surface area (Å²) >= 11 is 0. The Balaban J connectivity index is 2.56. The quantitative estimate of drug-likeness (QED) is 0.775. The third-order valence-corrected chi connectivity index (χ3v) is 3.31. The number of anilines is 2. The van der Waals surface area contributed by atoms with Crippen molar-refractivity contribution in [2.24, 2.45) is 5.73 Å². The highest BCUT2D eigenvalue weighted by atomic mass is 16.2. The Labute approximate surface area is 106 Å². The lowest BCUT2D eigenvalue weighted by Gasteiger charge is -2.23. The normalized spacial score (nSPS) is 14.8. The minimum Gasteiger partial charge on any atom is -0.324 e. The first-order valence-corrected chi connectivity index (χ1v) is 5.95. The average Bonchev–Trinajstić information content (AvgIpc) is 2.52. The van der Waals surface area contributed by atoms with Gasteiger partial charge in [-0.05, 0) is 31.0 Å². The van der Waals surface area contributed by atoms with Crippen molar-refractivity contribution in [3.63, 3.8) is 0 Å². The number of nitrogens with zero attached hydrogens (tertiary/aromatic N) is 1. The third kappa shape index (κ3) is 2.09. The molecule has 0 aromatic heterocycles. The second-order valence-corrected chi connectivity index (χ2v) is 4.45. The van der Waals surface area contributed by atoms with E-state index in [9.17, 15) is 9.59 Å². The van der Waals surface area contributed by atoms with Crippen molar-refractivity contribution in [2.45, 2.75) is 20.3 Å². The van der Waals surface area contributed by atoms with Gasteiger partial charge in [-0.15, -0.1) is 0 Å². The highest BCUT2D eigenvalue weighted by molar-refractivity contribution is 6.05. The first-order chi connectivity index (χ1) is 8.54. The second-order valence-electron chi connectivity index (χ2n) is 4.45. The van der Waals surface area contributed by atoms with Gasteiger partial charge in [0.15, 0.2) is 0 Å². The van der Waals surface area contributed by atoms with Crippen molar-refractivity contribution >= 4 is 23.2 Å². The van der Waals surface area contributed by atoms with Crippen molar-refractivity contribution in [3.05, 3.63) is 23.3 Å². The summed E-state index contributed by atoms with van der Waals surface area (Å²) in [4.78, 5) is 25.1. The Morgan fingerprint density at radius 2 is 2.17 bits per heavy atom. The molecule has 5 heteroatoms. The lowest BCUT2D eigenvalue weighted by Crippen LogP contribution is -2.36. The molecule has 0 saturated heterocycles. The smallest absolute Gasteiger partial charge is 0.240 e. The Kier molecular flexibility index (Phi) is 3.34. The molecular formula is C13H17N3O2. The van der Waals surface area contributed by atoms with Gasteiger partial charge in [0.05, 0.1) is 17.9 Å². The summed E-state index contributed by atoms with van der Waals surface area (Å²) in [5.74, 6) is -0.242. The highest BCUT2D eigenvalue weighted by Crippen LogP contribution is 2.33. The van der Waals surface area contributed by atoms with Crippen LogP contribution in [0.5, 0.6) is 0 Å². The summed E-state index contributed by atoms with van der Waals surface area (Å²) in [7, 11) is 0. The molecular weight excluding hydrogens is 230 g/mol. The standard InChI is InChI=1S/C13H17N3O2/c1-8-3-4-10-13(9(8)2)15-11(17)5-6-16(10)12(18)7-14/h3-4H,5-7,14H2,1-2H3,(H,15,17). The number of aryl methyl sites for hydroxylation is 1. The van der Waals surface area contributed by atoms with Crippen molar-refractivity contribution in [2.75, 3.05) is 23.3 Å². The molecule has 0 atom stereocenters. The molecule has 0 fully saturated rings. The number of amides is 2. The van der Waals surface area contributed by atoms with Gasteiger partial charge < -0.3 is 16.0 Å². The summed E-state index contributed by atoms with van der Waals surface area (Å²) < 4.78 is 0. The van der Waals surface area contributed by atoms with Crippen LogP contribution in [0.4, 0.5) is 11.4 Å². The van der Waals surface area contributed by atoms with Crippen LogP contribution >= 0.6 is 0 Å². The van der Waals surface area contributed by atoms with Crippen LogP contribution in [0.25, 0.3) is 0 Å². The molecule has 0 bridgehead atoms. The van der Waals surface area contributed by atoms with Gasteiger partial charge in [0, 0.05) is 13.0 Å². The van der Waals surface area contributed by atoms with Gasteiger partial charge in [-0.25, -0.2) is 0 Å². The van der Waals surface area contributed by atoms with Crippen molar-refractivity contribution in [1.29, 1.82) is 0 Å². The molecule has 0 saturated carbocycles. The molecule has 5 nitrogen and oxygen atoms in total. The summed E-state index contributed by atoms with van der Waals surface area (Å²) in [5, 5.41) is 2.87. The van der Waals surface area contributed by atoms with E-state index in [1.165, 1.54) is 0 Å². The number of carbonyl (C=O) groups is 2. The fourth-order valence-corrected chi connectivity index (χ4v) is 2.09. The van der Waals surface area contributed by atoms with Crippen LogP contribution in [0.3, 0.4) is 0 Å². The molecule has 1 aliphatic rings. The minimum absolute atomic E-state index is 0.0550. The minimum atomic E-state index is -0.170. The van der Waals surface area contributed by atoms with Crippen LogP contribution in [-0.2, 0) is 9.59 Å². The second kappa shape index (κ2) is 4.78. The van der Waals surface area contributed by atoms with Gasteiger partial charge in [-0.2, -0.15) is 0 Å². The van der Waals surface area contributed by atoms with Crippen LogP contribution in [0.15, 0.2) is 12.1 Å². The van der Waals surface area contributed by atoms with Gasteiger partial charge >= 0.3 is 0 Å². The lowest BCUT2D eigenvalue weighted by molar-refractivity contribution is -0.117. The van der Waals surface area contributed by atoms with E-state index in [1.807, 2.05) is 26.0 Å². The maximum atomic E-state index is 11.8. The zero-order chi connectivity index (χ0) is 13.3. The molecule has 1 aliphatic heterocycles. The van der Waals surface area contributed by atoms with Crippen molar-refractivity contribution in [3.8, 4) is 0 Å². The molecule has 1 aromatic rings. The number of hydrogen-bond donors (Lipinski definition) is 2. The number of nitrogens with two attached hydrogens (primary N) is 1. The van der Waals surface area contributed by atoms with Crippen molar-refractivity contribution in [1.82, 2.24) is 0 Å². The third-order valence-electron chi connectivity index (χ3n) is 3.31. The fraction of sp³-hybridized carbons (Fsp3) is 0.385. The molecule has 3 N–H and O–H groups in total. The maximum absolute atomic E-state index is 11.8. The van der Waals surface area contributed by atoms with Crippen LogP contribution in [0.2, 0.25) is 0 Å². The van der Waals surface area contributed by atoms with E-state index in [0.717, 1.165) is 22.5 Å². The Bertz CT molecular complexity index is 511. The molecule has 0 spiro atoms. The zero-order valence-corrected chi connectivity index (χ0v) is 10.6. The van der Waals surface area contributed by atoms with E-state index in [4.69, 9.17) is 5.73 Å². The van der Waals surface area contributed by atoms with E-state index < -0.39 is 0 Å². The first-order valence-electron chi connectivity index (χ1n) is 5.95. The van der Waals surface area contributed by atoms with Crippen LogP contribution < -0.4 is 16.0 Å². The molecule has 1 heterocycles. The predicted octanol–water partition coefficient (Wildman–Crippen LogP) is 0.937. The van der Waals surface area contributed by atoms with Crippen LogP contribution in [0, 0.1) is 13.8 Å². The lowest BCUT2D eigenvalue weighted by atomic mass is 10.1. The van der Waals surface area contributed by atoms with Gasteiger partial charge in [0.25, 0.3) is 0 Å². The van der Waals surface area contributed by atoms with Gasteiger partial charge in [0.1, 0.15) is 0 Å². The number of nitrogens with one attached hydrogen (secondary N) is 1. The summed E-state index contributed by atoms with van der Waals surface area (Å²) in [6.07, 6.45) is 0.291. The highest BCUT2D eigenvalue weighted by Gasteiger charge is 2.24. The molecule has 2 amide bonds. The molecule has 0 unspecified atom stereocenters. The van der Waals surface area contributed by atoms with Crippen LogP contribution in [0.1, 0.15) is 17.5 Å². The van der Waals surface area contributed by atoms with Crippen molar-refractivity contribution < 1.29 is 9.59 Å². The fourth-order valence-electron chi connectivity index (χ4n) is 2.09. The molecule has 2 rings (SSSR count). The van der Waals surface area contributed by atoms with E-state index >= 15 is 0 Å². The number of rotatable bonds is 1. The molecule has 0 radical (unpaired) electrons. The average molecular weight is 247 g/mol. The van der Waals surface area contributed by atoms with Gasteiger partial charge in [-0.1, -0.05) is 6.07 Å². The molecule has 1 aromatic carbocycles. The maximum Gasteiger partial charge on any atom is 0.240 e. The predicted molar refractivity (Wildman–Crippen MR) is 70.6 cm³/mol. The van der Waals surface area contributed by atoms with E-state index in [2.05, 4.69) is 5.32 Å². The Morgan fingerprint density at radius 3 is 2.83 bits per heavy atom. The first kappa shape index (κ1) is 12.6. The number of carbonyl (C=O) groups excluding carboxylic acids is 2. The summed E-state index contributed by atoms with van der Waals surface area (Å²) in [5.41, 5.74) is 8.94. The van der Waals surface area contributed by atoms with E-state index in [0.29, 0.717) is 13.0 Å². The summed E-state index contributed by atoms with van der Waals surface area (Å²) in [6, 6.07) is 3.80.